The molecule has 1 aliphatic heterocycles. The van der Waals surface area contributed by atoms with Crippen molar-refractivity contribution in [3.8, 4) is 0 Å². The van der Waals surface area contributed by atoms with Crippen LogP contribution in [-0.2, 0) is 23.8 Å². The minimum atomic E-state index is -1.62. The molecule has 0 aromatic rings. The number of carbonyl (C=O) groups is 2. The van der Waals surface area contributed by atoms with Gasteiger partial charge in [-0.25, -0.2) is 0 Å². The largest absolute Gasteiger partial charge is 0.454 e. The van der Waals surface area contributed by atoms with Crippen LogP contribution in [0.15, 0.2) is 85.1 Å². The molecule has 1 aliphatic rings. The molecule has 0 saturated carbocycles. The second-order valence-electron chi connectivity index (χ2n) is 27.1. The second-order valence-corrected chi connectivity index (χ2v) is 27.1. The van der Waals surface area contributed by atoms with E-state index in [9.17, 15) is 35.1 Å². The van der Waals surface area contributed by atoms with Crippen molar-refractivity contribution in [3.05, 3.63) is 85.1 Å². The van der Waals surface area contributed by atoms with E-state index >= 15 is 0 Å². The lowest BCUT2D eigenvalue weighted by molar-refractivity contribution is -0.305. The number of amides is 1. The predicted octanol–water partition coefficient (Wildman–Crippen LogP) is 21.2. The number of nitrogens with one attached hydrogen (secondary N) is 1. The van der Waals surface area contributed by atoms with Crippen molar-refractivity contribution in [1.82, 2.24) is 5.32 Å². The van der Waals surface area contributed by atoms with E-state index in [-0.39, 0.29) is 13.0 Å². The standard InChI is InChI=1S/C82H147NO10/c1-4-7-10-13-16-19-22-24-26-28-30-32-34-36-38-40-42-44-46-48-50-52-55-58-61-64-67-70-77(87)93-80-79(89)78(88)76(71-84)92-82(80)91-72-73(74(85)68-65-62-59-56-53-21-18-15-12-9-6-3)83-81(90)75(86)69-66-63-60-57-54-51-49-47-45-43-41-39-37-35-33-31-29-27-25-23-20-17-14-11-8-5-2/h7,10,16,19,24-27,30,32,36,38,65,68,73-76,78-80,82,84-86,88-89H,4-6,8-9,11-15,17-18,20-23,28-29,31,33-35,37,39-64,66-67,69-72H2,1-3H3,(H,83,90)/b10-7-,19-16-,26-24-,27-25+,32-30-,38-36-,68-65+. The summed E-state index contributed by atoms with van der Waals surface area (Å²) in [6, 6.07) is -1.03. The molecule has 6 N–H and O–H groups in total. The molecule has 8 unspecified atom stereocenters. The molecule has 1 amide bonds. The van der Waals surface area contributed by atoms with Gasteiger partial charge in [0.25, 0.3) is 0 Å². The Kier molecular flexibility index (Phi) is 65.0. The monoisotopic (exact) mass is 1310 g/mol. The fraction of sp³-hybridized carbons (Fsp3) is 0.805. The fourth-order valence-corrected chi connectivity index (χ4v) is 12.1. The van der Waals surface area contributed by atoms with Crippen LogP contribution in [0.1, 0.15) is 361 Å². The summed E-state index contributed by atoms with van der Waals surface area (Å²) in [5.74, 6) is -1.19. The van der Waals surface area contributed by atoms with Crippen molar-refractivity contribution < 1.29 is 49.3 Å². The molecule has 0 aromatic carbocycles. The molecular weight excluding hydrogens is 1160 g/mol. The lowest BCUT2D eigenvalue weighted by atomic mass is 9.99. The molecule has 11 nitrogen and oxygen atoms in total. The van der Waals surface area contributed by atoms with Crippen LogP contribution >= 0.6 is 0 Å². The van der Waals surface area contributed by atoms with Gasteiger partial charge >= 0.3 is 5.97 Å². The minimum Gasteiger partial charge on any atom is -0.454 e. The number of allylic oxidation sites excluding steroid dienone is 13. The zero-order valence-corrected chi connectivity index (χ0v) is 60.4. The summed E-state index contributed by atoms with van der Waals surface area (Å²) in [6.07, 6.45) is 82.1. The molecule has 1 rings (SSSR count). The average molecular weight is 1310 g/mol. The Labute approximate surface area is 572 Å². The number of carbonyl (C=O) groups excluding carboxylic acids is 2. The first-order valence-electron chi connectivity index (χ1n) is 39.4. The first-order valence-corrected chi connectivity index (χ1v) is 39.4. The van der Waals surface area contributed by atoms with E-state index in [1.165, 1.54) is 218 Å². The number of hydrogen-bond donors (Lipinski definition) is 6. The summed E-state index contributed by atoms with van der Waals surface area (Å²) in [5, 5.41) is 57.4. The molecule has 0 spiro atoms. The third-order valence-electron chi connectivity index (χ3n) is 18.3. The first-order chi connectivity index (χ1) is 45.7. The Morgan fingerprint density at radius 3 is 1.17 bits per heavy atom. The van der Waals surface area contributed by atoms with Crippen molar-refractivity contribution in [2.45, 2.75) is 410 Å². The molecule has 8 atom stereocenters. The SMILES string of the molecule is CC/C=C\C/C=C\C/C=C\C/C=C\C/C=C\CCCCCCCCCCCCCC(=O)OC1C(OCC(NC(=O)C(O)CCCCCCCCCCCCCCCCCC/C=C/CCCCCCCC)C(O)/C=C/CCCCCCCCCCC)OC(CO)C(O)C1O. The third kappa shape index (κ3) is 55.5. The van der Waals surface area contributed by atoms with Gasteiger partial charge in [0.1, 0.15) is 24.4 Å². The molecule has 1 heterocycles. The predicted molar refractivity (Wildman–Crippen MR) is 393 cm³/mol. The Morgan fingerprint density at radius 2 is 0.774 bits per heavy atom. The van der Waals surface area contributed by atoms with Crippen LogP contribution in [0, 0.1) is 0 Å². The summed E-state index contributed by atoms with van der Waals surface area (Å²) in [6.45, 7) is 5.72. The van der Waals surface area contributed by atoms with Gasteiger partial charge in [0.05, 0.1) is 25.4 Å². The first kappa shape index (κ1) is 87.9. The summed E-state index contributed by atoms with van der Waals surface area (Å²) in [5.41, 5.74) is 0. The van der Waals surface area contributed by atoms with E-state index in [0.717, 1.165) is 96.3 Å². The third-order valence-corrected chi connectivity index (χ3v) is 18.3. The molecule has 0 radical (unpaired) electrons. The van der Waals surface area contributed by atoms with Crippen molar-refractivity contribution in [2.24, 2.45) is 0 Å². The smallest absolute Gasteiger partial charge is 0.306 e. The van der Waals surface area contributed by atoms with E-state index in [0.29, 0.717) is 19.3 Å². The van der Waals surface area contributed by atoms with Crippen LogP contribution in [0.25, 0.3) is 0 Å². The lowest BCUT2D eigenvalue weighted by Crippen LogP contribution is -2.61. The van der Waals surface area contributed by atoms with Crippen molar-refractivity contribution >= 4 is 11.9 Å². The number of rotatable bonds is 68. The van der Waals surface area contributed by atoms with Crippen molar-refractivity contribution in [3.63, 3.8) is 0 Å². The van der Waals surface area contributed by atoms with Crippen LogP contribution in [0.5, 0.6) is 0 Å². The number of ether oxygens (including phenoxy) is 3. The molecule has 1 fully saturated rings. The summed E-state index contributed by atoms with van der Waals surface area (Å²) >= 11 is 0. The van der Waals surface area contributed by atoms with Crippen LogP contribution < -0.4 is 5.32 Å². The Balaban J connectivity index is 2.48. The molecule has 0 aliphatic carbocycles. The highest BCUT2D eigenvalue weighted by atomic mass is 16.7. The van der Waals surface area contributed by atoms with Gasteiger partial charge in [-0.05, 0) is 96.3 Å². The molecule has 0 bridgehead atoms. The molecule has 1 saturated heterocycles. The Morgan fingerprint density at radius 1 is 0.430 bits per heavy atom. The van der Waals surface area contributed by atoms with Crippen LogP contribution in [0.4, 0.5) is 0 Å². The molecule has 0 aromatic heterocycles. The number of unbranched alkanes of at least 4 members (excludes halogenated alkanes) is 42. The van der Waals surface area contributed by atoms with Gasteiger partial charge < -0.3 is 45.1 Å². The summed E-state index contributed by atoms with van der Waals surface area (Å²) < 4.78 is 17.7. The van der Waals surface area contributed by atoms with Crippen molar-refractivity contribution in [1.29, 1.82) is 0 Å². The quantitative estimate of drug-likeness (QED) is 0.0195. The van der Waals surface area contributed by atoms with Gasteiger partial charge in [-0.15, -0.1) is 0 Å². The van der Waals surface area contributed by atoms with E-state index < -0.39 is 67.4 Å². The van der Waals surface area contributed by atoms with Gasteiger partial charge in [0.15, 0.2) is 12.4 Å². The number of esters is 1. The summed E-state index contributed by atoms with van der Waals surface area (Å²) in [4.78, 5) is 26.8. The van der Waals surface area contributed by atoms with Gasteiger partial charge in [-0.1, -0.05) is 343 Å². The van der Waals surface area contributed by atoms with Gasteiger partial charge in [-0.2, -0.15) is 0 Å². The zero-order valence-electron chi connectivity index (χ0n) is 60.4. The highest BCUT2D eigenvalue weighted by Gasteiger charge is 2.47. The average Bonchev–Trinajstić information content (AvgIpc) is 0.842. The van der Waals surface area contributed by atoms with Gasteiger partial charge in [0, 0.05) is 6.42 Å². The van der Waals surface area contributed by atoms with Crippen LogP contribution in [0.3, 0.4) is 0 Å². The maximum Gasteiger partial charge on any atom is 0.306 e. The second kappa shape index (κ2) is 68.8. The minimum absolute atomic E-state index is 0.118. The fourth-order valence-electron chi connectivity index (χ4n) is 12.1. The van der Waals surface area contributed by atoms with Crippen LogP contribution in [0.2, 0.25) is 0 Å². The van der Waals surface area contributed by atoms with E-state index in [1.54, 1.807) is 6.08 Å². The number of aliphatic hydroxyl groups is 5. The number of hydrogen-bond acceptors (Lipinski definition) is 10. The van der Waals surface area contributed by atoms with E-state index in [4.69, 9.17) is 14.2 Å². The molecular formula is C82H147NO10. The van der Waals surface area contributed by atoms with E-state index in [2.05, 4.69) is 99.0 Å². The maximum atomic E-state index is 13.5. The summed E-state index contributed by atoms with van der Waals surface area (Å²) in [7, 11) is 0. The Hall–Kier alpha value is -3.16. The van der Waals surface area contributed by atoms with Crippen molar-refractivity contribution in [2.75, 3.05) is 13.2 Å². The normalized spacial score (nSPS) is 18.3. The Bertz CT molecular complexity index is 1840. The van der Waals surface area contributed by atoms with Gasteiger partial charge in [-0.3, -0.25) is 9.59 Å². The molecule has 93 heavy (non-hydrogen) atoms. The highest BCUT2D eigenvalue weighted by Crippen LogP contribution is 2.27. The topological polar surface area (TPSA) is 175 Å². The maximum absolute atomic E-state index is 13.5. The van der Waals surface area contributed by atoms with Crippen LogP contribution in [-0.4, -0.2) is 99.6 Å². The van der Waals surface area contributed by atoms with Gasteiger partial charge in [0.2, 0.25) is 5.91 Å². The molecule has 540 valence electrons. The zero-order chi connectivity index (χ0) is 67.4. The van der Waals surface area contributed by atoms with E-state index in [1.807, 2.05) is 6.08 Å². The highest BCUT2D eigenvalue weighted by molar-refractivity contribution is 5.80. The number of aliphatic hydroxyl groups excluding tert-OH is 5. The molecule has 11 heteroatoms. The lowest BCUT2D eigenvalue weighted by Gasteiger charge is -2.41.